The normalized spacial score (nSPS) is 13.5. The topological polar surface area (TPSA) is 75.7 Å². The Bertz CT molecular complexity index is 1100. The number of sulfonamides is 1. The number of rotatable bonds is 9. The lowest BCUT2D eigenvalue weighted by Gasteiger charge is -2.31. The number of ether oxygens (including phenoxy) is 1. The molecule has 182 valence electrons. The molecule has 2 rings (SSSR count). The summed E-state index contributed by atoms with van der Waals surface area (Å²) in [5.74, 6) is 0.629. The van der Waals surface area contributed by atoms with Crippen molar-refractivity contribution in [1.82, 2.24) is 5.32 Å². The van der Waals surface area contributed by atoms with Crippen LogP contribution in [0.5, 0.6) is 5.75 Å². The molecule has 1 N–H and O–H groups in total. The Morgan fingerprint density at radius 3 is 2.09 bits per heavy atom. The fourth-order valence-corrected chi connectivity index (χ4v) is 5.63. The summed E-state index contributed by atoms with van der Waals surface area (Å²) in [5.41, 5.74) is 3.20. The molecule has 0 spiro atoms. The quantitative estimate of drug-likeness (QED) is 0.454. The molecule has 0 aromatic heterocycles. The molecule has 2 aromatic carbocycles. The third-order valence-corrected chi connectivity index (χ3v) is 7.11. The maximum absolute atomic E-state index is 13.3. The second-order valence-electron chi connectivity index (χ2n) is 8.45. The standard InChI is InChI=1S/C24H32Cl2N2O4S/c1-8-22(28(33(7,30)31)19-11-17(25)10-18(26)12-19)24(29)27-16(5)21-13-20(14(2)3)23(32-6)9-15(21)4/h9-14,16,22H,8H2,1-7H3,(H,27,29)/t16-,22-/m1/s1. The lowest BCUT2D eigenvalue weighted by Crippen LogP contribution is -2.49. The van der Waals surface area contributed by atoms with Crippen LogP contribution in [0.2, 0.25) is 10.0 Å². The van der Waals surface area contributed by atoms with E-state index < -0.39 is 22.0 Å². The van der Waals surface area contributed by atoms with Gasteiger partial charge in [-0.15, -0.1) is 0 Å². The number of carbonyl (C=O) groups excluding carboxylic acids is 1. The van der Waals surface area contributed by atoms with E-state index in [2.05, 4.69) is 19.2 Å². The van der Waals surface area contributed by atoms with Gasteiger partial charge in [-0.3, -0.25) is 9.10 Å². The van der Waals surface area contributed by atoms with Gasteiger partial charge in [0.05, 0.1) is 25.1 Å². The van der Waals surface area contributed by atoms with E-state index in [0.717, 1.165) is 33.0 Å². The molecule has 0 fully saturated rings. The Morgan fingerprint density at radius 1 is 1.06 bits per heavy atom. The Kier molecular flexibility index (Phi) is 9.08. The predicted octanol–water partition coefficient (Wildman–Crippen LogP) is 5.86. The van der Waals surface area contributed by atoms with Crippen molar-refractivity contribution in [3.63, 3.8) is 0 Å². The fourth-order valence-electron chi connectivity index (χ4n) is 3.92. The van der Waals surface area contributed by atoms with Gasteiger partial charge in [-0.2, -0.15) is 0 Å². The van der Waals surface area contributed by atoms with E-state index in [1.165, 1.54) is 18.2 Å². The van der Waals surface area contributed by atoms with E-state index in [4.69, 9.17) is 27.9 Å². The van der Waals surface area contributed by atoms with Gasteiger partial charge in [0.25, 0.3) is 0 Å². The van der Waals surface area contributed by atoms with Crippen LogP contribution in [0.25, 0.3) is 0 Å². The molecule has 0 unspecified atom stereocenters. The number of hydrogen-bond acceptors (Lipinski definition) is 4. The van der Waals surface area contributed by atoms with Crippen LogP contribution >= 0.6 is 23.2 Å². The predicted molar refractivity (Wildman–Crippen MR) is 136 cm³/mol. The second-order valence-corrected chi connectivity index (χ2v) is 11.2. The number of aryl methyl sites for hydroxylation is 1. The van der Waals surface area contributed by atoms with Gasteiger partial charge in [0, 0.05) is 10.0 Å². The number of carbonyl (C=O) groups is 1. The van der Waals surface area contributed by atoms with E-state index in [-0.39, 0.29) is 34.1 Å². The number of hydrogen-bond donors (Lipinski definition) is 1. The molecule has 6 nitrogen and oxygen atoms in total. The molecule has 9 heteroatoms. The molecule has 0 saturated carbocycles. The van der Waals surface area contributed by atoms with Gasteiger partial charge in [0.2, 0.25) is 15.9 Å². The van der Waals surface area contributed by atoms with Crippen LogP contribution in [-0.4, -0.2) is 33.7 Å². The second kappa shape index (κ2) is 11.0. The Balaban J connectivity index is 2.42. The molecule has 0 aliphatic carbocycles. The zero-order valence-electron chi connectivity index (χ0n) is 20.1. The van der Waals surface area contributed by atoms with Crippen LogP contribution < -0.4 is 14.4 Å². The third-order valence-electron chi connectivity index (χ3n) is 5.50. The van der Waals surface area contributed by atoms with E-state index >= 15 is 0 Å². The van der Waals surface area contributed by atoms with Gasteiger partial charge < -0.3 is 10.1 Å². The van der Waals surface area contributed by atoms with Gasteiger partial charge in [0.15, 0.2) is 0 Å². The molecular weight excluding hydrogens is 483 g/mol. The summed E-state index contributed by atoms with van der Waals surface area (Å²) in [5, 5.41) is 3.56. The summed E-state index contributed by atoms with van der Waals surface area (Å²) in [6.07, 6.45) is 1.32. The number of methoxy groups -OCH3 is 1. The average molecular weight is 516 g/mol. The molecule has 2 atom stereocenters. The molecule has 0 aliphatic heterocycles. The van der Waals surface area contributed by atoms with Crippen molar-refractivity contribution in [2.24, 2.45) is 0 Å². The highest BCUT2D eigenvalue weighted by molar-refractivity contribution is 7.92. The molecule has 0 radical (unpaired) electrons. The van der Waals surface area contributed by atoms with Crippen molar-refractivity contribution in [1.29, 1.82) is 0 Å². The first kappa shape index (κ1) is 27.3. The summed E-state index contributed by atoms with van der Waals surface area (Å²) in [7, 11) is -2.17. The van der Waals surface area contributed by atoms with Crippen LogP contribution in [0.4, 0.5) is 5.69 Å². The summed E-state index contributed by atoms with van der Waals surface area (Å²) in [6.45, 7) is 9.75. The summed E-state index contributed by atoms with van der Waals surface area (Å²) < 4.78 is 32.0. The van der Waals surface area contributed by atoms with Gasteiger partial charge in [-0.1, -0.05) is 44.0 Å². The highest BCUT2D eigenvalue weighted by Crippen LogP contribution is 2.33. The van der Waals surface area contributed by atoms with Gasteiger partial charge >= 0.3 is 0 Å². The van der Waals surface area contributed by atoms with Crippen LogP contribution in [0.15, 0.2) is 30.3 Å². The summed E-state index contributed by atoms with van der Waals surface area (Å²) in [4.78, 5) is 13.3. The van der Waals surface area contributed by atoms with Crippen molar-refractivity contribution < 1.29 is 17.9 Å². The number of nitrogens with zero attached hydrogens (tertiary/aromatic N) is 1. The minimum atomic E-state index is -3.80. The number of nitrogens with one attached hydrogen (secondary N) is 1. The van der Waals surface area contributed by atoms with Crippen molar-refractivity contribution >= 4 is 44.8 Å². The van der Waals surface area contributed by atoms with Crippen LogP contribution in [0.1, 0.15) is 62.8 Å². The highest BCUT2D eigenvalue weighted by atomic mass is 35.5. The number of benzene rings is 2. The van der Waals surface area contributed by atoms with Gasteiger partial charge in [-0.25, -0.2) is 8.42 Å². The van der Waals surface area contributed by atoms with E-state index in [0.29, 0.717) is 0 Å². The summed E-state index contributed by atoms with van der Waals surface area (Å²) in [6, 6.07) is 7.15. The number of halogens is 2. The van der Waals surface area contributed by atoms with Crippen LogP contribution in [0, 0.1) is 6.92 Å². The van der Waals surface area contributed by atoms with Crippen LogP contribution in [0.3, 0.4) is 0 Å². The Labute approximate surface area is 207 Å². The maximum Gasteiger partial charge on any atom is 0.244 e. The lowest BCUT2D eigenvalue weighted by molar-refractivity contribution is -0.122. The molecule has 33 heavy (non-hydrogen) atoms. The zero-order chi connectivity index (χ0) is 25.1. The molecule has 2 aromatic rings. The van der Waals surface area contributed by atoms with Crippen molar-refractivity contribution in [3.8, 4) is 5.75 Å². The van der Waals surface area contributed by atoms with E-state index in [9.17, 15) is 13.2 Å². The van der Waals surface area contributed by atoms with Gasteiger partial charge in [-0.05, 0) is 73.2 Å². The number of anilines is 1. The molecule has 0 aliphatic rings. The smallest absolute Gasteiger partial charge is 0.244 e. The third kappa shape index (κ3) is 6.55. The summed E-state index contributed by atoms with van der Waals surface area (Å²) >= 11 is 12.2. The van der Waals surface area contributed by atoms with Crippen LogP contribution in [-0.2, 0) is 14.8 Å². The molecular formula is C24H32Cl2N2O4S. The van der Waals surface area contributed by atoms with Crippen molar-refractivity contribution in [2.75, 3.05) is 17.7 Å². The average Bonchev–Trinajstić information content (AvgIpc) is 2.69. The first-order chi connectivity index (χ1) is 15.3. The monoisotopic (exact) mass is 514 g/mol. The first-order valence-electron chi connectivity index (χ1n) is 10.7. The maximum atomic E-state index is 13.3. The zero-order valence-corrected chi connectivity index (χ0v) is 22.4. The van der Waals surface area contributed by atoms with Crippen molar-refractivity contribution in [3.05, 3.63) is 57.1 Å². The Morgan fingerprint density at radius 2 is 1.64 bits per heavy atom. The minimum absolute atomic E-state index is 0.235. The molecule has 0 heterocycles. The molecule has 0 saturated heterocycles. The largest absolute Gasteiger partial charge is 0.496 e. The molecule has 1 amide bonds. The molecule has 0 bridgehead atoms. The first-order valence-corrected chi connectivity index (χ1v) is 13.3. The fraction of sp³-hybridized carbons (Fsp3) is 0.458. The number of amides is 1. The lowest BCUT2D eigenvalue weighted by atomic mass is 9.93. The SMILES string of the molecule is CC[C@H](C(=O)N[C@H](C)c1cc(C(C)C)c(OC)cc1C)N(c1cc(Cl)cc(Cl)c1)S(C)(=O)=O. The van der Waals surface area contributed by atoms with Gasteiger partial charge in [0.1, 0.15) is 11.8 Å². The van der Waals surface area contributed by atoms with E-state index in [1.54, 1.807) is 14.0 Å². The minimum Gasteiger partial charge on any atom is -0.496 e. The Hall–Kier alpha value is -1.96. The van der Waals surface area contributed by atoms with Crippen molar-refractivity contribution in [2.45, 2.75) is 59.0 Å². The van der Waals surface area contributed by atoms with E-state index in [1.807, 2.05) is 26.0 Å². The highest BCUT2D eigenvalue weighted by Gasteiger charge is 2.33.